The molecule has 3 atom stereocenters. The van der Waals surface area contributed by atoms with Gasteiger partial charge in [-0.2, -0.15) is 0 Å². The van der Waals surface area contributed by atoms with Crippen LogP contribution in [0.25, 0.3) is 10.9 Å². The highest BCUT2D eigenvalue weighted by atomic mass is 35.5. The molecule has 7 rings (SSSR count). The lowest BCUT2D eigenvalue weighted by Crippen LogP contribution is -2.58. The van der Waals surface area contributed by atoms with E-state index in [1.807, 2.05) is 0 Å². The van der Waals surface area contributed by atoms with Crippen molar-refractivity contribution < 1.29 is 23.8 Å². The molecule has 0 bridgehead atoms. The summed E-state index contributed by atoms with van der Waals surface area (Å²) in [7, 11) is 5.59. The van der Waals surface area contributed by atoms with Crippen molar-refractivity contribution in [2.24, 2.45) is 20.0 Å². The first kappa shape index (κ1) is 28.7. The largest absolute Gasteiger partial charge is 0.496 e. The lowest BCUT2D eigenvalue weighted by Gasteiger charge is -2.42. The van der Waals surface area contributed by atoms with Gasteiger partial charge in [-0.15, -0.1) is 0 Å². The molecule has 0 saturated heterocycles. The number of allylic oxidation sites excluding steroid dienone is 1. The second-order valence-corrected chi connectivity index (χ2v) is 11.8. The van der Waals surface area contributed by atoms with E-state index in [1.54, 1.807) is 37.3 Å². The number of carbonyl (C=O) groups is 2. The fourth-order valence-corrected chi connectivity index (χ4v) is 7.14. The van der Waals surface area contributed by atoms with Gasteiger partial charge in [0.1, 0.15) is 27.9 Å². The molecule has 230 valence electrons. The fraction of sp³-hybridized carbons (Fsp3) is 0.281. The molecule has 2 aromatic carbocycles. The number of Topliss-reactive ketones (excluding diaryl/α,β-unsaturated/α-hetero) is 2. The number of aromatic amines is 1. The summed E-state index contributed by atoms with van der Waals surface area (Å²) in [5.41, 5.74) is -2.86. The molecule has 2 aromatic heterocycles. The van der Waals surface area contributed by atoms with Crippen molar-refractivity contribution in [2.75, 3.05) is 19.5 Å². The molecule has 0 amide bonds. The molecule has 0 fully saturated rings. The van der Waals surface area contributed by atoms with Gasteiger partial charge in [-0.05, 0) is 23.9 Å². The Kier molecular flexibility index (Phi) is 6.18. The second kappa shape index (κ2) is 9.70. The van der Waals surface area contributed by atoms with Gasteiger partial charge in [-0.25, -0.2) is 4.79 Å². The quantitative estimate of drug-likeness (QED) is 0.326. The van der Waals surface area contributed by atoms with Gasteiger partial charge in [-0.1, -0.05) is 36.7 Å². The predicted octanol–water partition coefficient (Wildman–Crippen LogP) is 3.03. The number of anilines is 1. The van der Waals surface area contributed by atoms with Crippen LogP contribution in [0.1, 0.15) is 40.7 Å². The molecule has 12 nitrogen and oxygen atoms in total. The number of nitrogens with zero attached hydrogens (tertiary/aromatic N) is 2. The normalized spacial score (nSPS) is 21.7. The van der Waals surface area contributed by atoms with Crippen LogP contribution in [-0.4, -0.2) is 45.5 Å². The summed E-state index contributed by atoms with van der Waals surface area (Å²) in [5.74, 6) is -2.98. The van der Waals surface area contributed by atoms with E-state index in [0.717, 1.165) is 4.57 Å². The number of halogens is 1. The first-order valence-corrected chi connectivity index (χ1v) is 14.5. The van der Waals surface area contributed by atoms with Crippen molar-refractivity contribution in [2.45, 2.75) is 24.9 Å². The van der Waals surface area contributed by atoms with E-state index in [4.69, 9.17) is 25.8 Å². The van der Waals surface area contributed by atoms with Gasteiger partial charge < -0.3 is 24.5 Å². The van der Waals surface area contributed by atoms with Crippen LogP contribution < -0.4 is 36.3 Å². The Morgan fingerprint density at radius 3 is 2.40 bits per heavy atom. The number of H-pyrrole nitrogens is 1. The Hall–Kier alpha value is -5.10. The summed E-state index contributed by atoms with van der Waals surface area (Å²) in [5, 5.41) is 3.80. The van der Waals surface area contributed by atoms with Crippen LogP contribution in [-0.2, 0) is 18.9 Å². The SMILES string of the molecule is COc1cc(OC)c2c(c1Cl)O[C@@]1(C(=O)C3=C(C[C@H]1C)Nc1c(c(=O)n(C)c(=O)n1C)[C@H]3c1cc3ccccc3[nH]c1=O)C2=O. The van der Waals surface area contributed by atoms with Gasteiger partial charge in [0, 0.05) is 48.4 Å². The topological polar surface area (TPSA) is 151 Å². The van der Waals surface area contributed by atoms with E-state index in [2.05, 4.69) is 10.3 Å². The van der Waals surface area contributed by atoms with Crippen LogP contribution in [0.15, 0.2) is 62.1 Å². The number of hydrogen-bond acceptors (Lipinski definition) is 9. The van der Waals surface area contributed by atoms with Crippen molar-refractivity contribution in [3.8, 4) is 17.2 Å². The molecule has 1 aliphatic carbocycles. The Labute approximate surface area is 259 Å². The Balaban J connectivity index is 1.52. The van der Waals surface area contributed by atoms with E-state index in [1.165, 1.54) is 38.9 Å². The number of para-hydroxylation sites is 1. The number of nitrogens with one attached hydrogen (secondary N) is 2. The summed E-state index contributed by atoms with van der Waals surface area (Å²) in [6.07, 6.45) is 0.0999. The van der Waals surface area contributed by atoms with Crippen molar-refractivity contribution in [1.29, 1.82) is 0 Å². The van der Waals surface area contributed by atoms with Crippen molar-refractivity contribution in [3.63, 3.8) is 0 Å². The van der Waals surface area contributed by atoms with E-state index in [0.29, 0.717) is 16.6 Å². The van der Waals surface area contributed by atoms with Gasteiger partial charge in [0.25, 0.3) is 11.1 Å². The van der Waals surface area contributed by atoms with Crippen molar-refractivity contribution in [3.05, 3.63) is 101 Å². The third kappa shape index (κ3) is 3.62. The minimum absolute atomic E-state index is 0.00295. The number of rotatable bonds is 3. The van der Waals surface area contributed by atoms with Gasteiger partial charge in [-0.3, -0.25) is 28.3 Å². The molecule has 2 aliphatic heterocycles. The summed E-state index contributed by atoms with van der Waals surface area (Å²) >= 11 is 6.61. The third-order valence-electron chi connectivity index (χ3n) is 9.17. The first-order valence-electron chi connectivity index (χ1n) is 14.1. The van der Waals surface area contributed by atoms with Gasteiger partial charge >= 0.3 is 5.69 Å². The van der Waals surface area contributed by atoms with Gasteiger partial charge in [0.05, 0.1) is 25.7 Å². The molecule has 4 aromatic rings. The maximum absolute atomic E-state index is 15.0. The van der Waals surface area contributed by atoms with Crippen LogP contribution in [0.3, 0.4) is 0 Å². The van der Waals surface area contributed by atoms with Crippen LogP contribution >= 0.6 is 11.6 Å². The van der Waals surface area contributed by atoms with Gasteiger partial charge in [0.2, 0.25) is 17.2 Å². The highest BCUT2D eigenvalue weighted by Crippen LogP contribution is 2.56. The van der Waals surface area contributed by atoms with Crippen molar-refractivity contribution >= 4 is 39.9 Å². The number of carbonyl (C=O) groups excluding carboxylic acids is 2. The molecule has 2 N–H and O–H groups in total. The Morgan fingerprint density at radius 1 is 0.978 bits per heavy atom. The van der Waals surface area contributed by atoms with Crippen molar-refractivity contribution in [1.82, 2.24) is 14.1 Å². The minimum atomic E-state index is -2.09. The summed E-state index contributed by atoms with van der Waals surface area (Å²) < 4.78 is 19.4. The summed E-state index contributed by atoms with van der Waals surface area (Å²) in [6, 6.07) is 10.2. The standard InChI is InChI=1S/C32H27ClN4O8/c1-13-10-17-21(26(38)32(13)27(39)22-18(43-4)12-19(44-5)24(33)25(22)45-32)20(15-11-14-8-6-7-9-16(14)35-29(15)40)23-28(34-17)36(2)31(42)37(3)30(23)41/h6-9,11-13,20,34H,10H2,1-5H3,(H,35,40)/t13-,20+,32+/m1/s1. The van der Waals surface area contributed by atoms with Crippen LogP contribution in [0, 0.1) is 5.92 Å². The molecule has 0 unspecified atom stereocenters. The highest BCUT2D eigenvalue weighted by molar-refractivity contribution is 6.36. The Morgan fingerprint density at radius 2 is 1.69 bits per heavy atom. The van der Waals surface area contributed by atoms with Crippen LogP contribution in [0.2, 0.25) is 5.02 Å². The molecule has 4 heterocycles. The maximum atomic E-state index is 15.0. The van der Waals surface area contributed by atoms with E-state index >= 15 is 4.79 Å². The average Bonchev–Trinajstić information content (AvgIpc) is 3.35. The monoisotopic (exact) mass is 630 g/mol. The Bertz CT molecular complexity index is 2250. The van der Waals surface area contributed by atoms with E-state index < -0.39 is 45.8 Å². The number of benzene rings is 2. The molecule has 13 heteroatoms. The molecule has 3 aliphatic rings. The molecular formula is C32H27ClN4O8. The number of aromatic nitrogens is 3. The fourth-order valence-electron chi connectivity index (χ4n) is 6.88. The number of pyridine rings is 1. The predicted molar refractivity (Wildman–Crippen MR) is 165 cm³/mol. The summed E-state index contributed by atoms with van der Waals surface area (Å²) in [4.78, 5) is 72.9. The van der Waals surface area contributed by atoms with Gasteiger partial charge in [0.15, 0.2) is 5.75 Å². The lowest BCUT2D eigenvalue weighted by molar-refractivity contribution is -0.130. The molecule has 45 heavy (non-hydrogen) atoms. The summed E-state index contributed by atoms with van der Waals surface area (Å²) in [6.45, 7) is 1.70. The highest BCUT2D eigenvalue weighted by Gasteiger charge is 2.64. The zero-order chi connectivity index (χ0) is 32.1. The van der Waals surface area contributed by atoms with Crippen LogP contribution in [0.5, 0.6) is 17.2 Å². The van der Waals surface area contributed by atoms with Crippen LogP contribution in [0.4, 0.5) is 5.82 Å². The number of methoxy groups -OCH3 is 2. The molecule has 0 radical (unpaired) electrons. The zero-order valence-electron chi connectivity index (χ0n) is 24.9. The third-order valence-corrected chi connectivity index (χ3v) is 9.53. The van der Waals surface area contributed by atoms with E-state index in [-0.39, 0.29) is 56.8 Å². The zero-order valence-corrected chi connectivity index (χ0v) is 25.6. The minimum Gasteiger partial charge on any atom is -0.496 e. The molecule has 1 spiro atoms. The van der Waals surface area contributed by atoms with E-state index in [9.17, 15) is 19.2 Å². The number of fused-ring (bicyclic) bond motifs is 3. The lowest BCUT2D eigenvalue weighted by atomic mass is 9.66. The molecular weight excluding hydrogens is 604 g/mol. The number of ether oxygens (including phenoxy) is 3. The number of hydrogen-bond donors (Lipinski definition) is 2. The molecule has 0 saturated carbocycles. The average molecular weight is 631 g/mol. The second-order valence-electron chi connectivity index (χ2n) is 11.5. The smallest absolute Gasteiger partial charge is 0.332 e. The maximum Gasteiger partial charge on any atom is 0.332 e. The number of ketones is 2. The first-order chi connectivity index (χ1) is 21.5.